The highest BCUT2D eigenvalue weighted by Crippen LogP contribution is 2.19. The number of rotatable bonds is 8. The Kier molecular flexibility index (Phi) is 6.51. The van der Waals surface area contributed by atoms with E-state index in [2.05, 4.69) is 15.1 Å². The van der Waals surface area contributed by atoms with Crippen LogP contribution in [0.4, 0.5) is 0 Å². The van der Waals surface area contributed by atoms with Gasteiger partial charge in [-0.3, -0.25) is 14.6 Å². The molecule has 6 nitrogen and oxygen atoms in total. The Labute approximate surface area is 156 Å². The summed E-state index contributed by atoms with van der Waals surface area (Å²) in [5, 5.41) is 13.3. The van der Waals surface area contributed by atoms with Gasteiger partial charge in [-0.15, -0.1) is 0 Å². The molecule has 144 valence electrons. The number of benzene rings is 1. The summed E-state index contributed by atoms with van der Waals surface area (Å²) in [6.07, 6.45) is 1.72. The van der Waals surface area contributed by atoms with E-state index in [0.29, 0.717) is 19.2 Å². The van der Waals surface area contributed by atoms with E-state index in [4.69, 9.17) is 4.74 Å². The number of nitrogens with zero attached hydrogens (tertiary/aromatic N) is 2. The van der Waals surface area contributed by atoms with Gasteiger partial charge in [0.1, 0.15) is 18.5 Å². The van der Waals surface area contributed by atoms with Crippen LogP contribution in [0, 0.1) is 6.92 Å². The minimum atomic E-state index is -0.515. The second kappa shape index (κ2) is 8.84. The number of carbonyl (C=O) groups is 1. The zero-order chi connectivity index (χ0) is 18.5. The zero-order valence-corrected chi connectivity index (χ0v) is 15.9. The van der Waals surface area contributed by atoms with Gasteiger partial charge in [-0.25, -0.2) is 0 Å². The molecule has 3 rings (SSSR count). The summed E-state index contributed by atoms with van der Waals surface area (Å²) in [4.78, 5) is 16.6. The minimum absolute atomic E-state index is 0.0763. The topological polar surface area (TPSA) is 65.0 Å². The molecule has 2 atom stereocenters. The van der Waals surface area contributed by atoms with Gasteiger partial charge in [-0.05, 0) is 38.8 Å². The minimum Gasteiger partial charge on any atom is -0.491 e. The number of nitrogens with one attached hydrogen (secondary N) is 1. The Bertz CT molecular complexity index is 580. The molecule has 1 amide bonds. The number of hydrogen-bond donors (Lipinski definition) is 2. The van der Waals surface area contributed by atoms with Crippen LogP contribution in [0.15, 0.2) is 24.3 Å². The average molecular weight is 361 g/mol. The molecule has 1 aliphatic heterocycles. The number of carbonyl (C=O) groups excluding carboxylic acids is 1. The summed E-state index contributed by atoms with van der Waals surface area (Å²) >= 11 is 0. The second-order valence-electron chi connectivity index (χ2n) is 7.57. The molecule has 1 saturated carbocycles. The molecular weight excluding hydrogens is 330 g/mol. The van der Waals surface area contributed by atoms with Gasteiger partial charge in [0.25, 0.3) is 0 Å². The van der Waals surface area contributed by atoms with Crippen LogP contribution in [-0.2, 0) is 4.79 Å². The van der Waals surface area contributed by atoms with Crippen molar-refractivity contribution in [2.75, 3.05) is 39.3 Å². The molecule has 0 bridgehead atoms. The van der Waals surface area contributed by atoms with Gasteiger partial charge in [0.05, 0.1) is 6.04 Å². The fourth-order valence-corrected chi connectivity index (χ4v) is 3.23. The number of aryl methyl sites for hydroxylation is 1. The van der Waals surface area contributed by atoms with Crippen molar-refractivity contribution in [2.45, 2.75) is 44.9 Å². The number of piperazine rings is 1. The number of β-amino-alcohol motifs (C(OH)–C–C–N with tert-alkyl or cyclic N) is 1. The summed E-state index contributed by atoms with van der Waals surface area (Å²) < 4.78 is 5.66. The molecule has 2 fully saturated rings. The first-order chi connectivity index (χ1) is 12.5. The van der Waals surface area contributed by atoms with Crippen molar-refractivity contribution in [1.29, 1.82) is 0 Å². The van der Waals surface area contributed by atoms with E-state index in [9.17, 15) is 9.90 Å². The van der Waals surface area contributed by atoms with Crippen LogP contribution in [0.5, 0.6) is 5.75 Å². The van der Waals surface area contributed by atoms with Gasteiger partial charge in [0.15, 0.2) is 0 Å². The predicted molar refractivity (Wildman–Crippen MR) is 101 cm³/mol. The van der Waals surface area contributed by atoms with Gasteiger partial charge >= 0.3 is 0 Å². The molecule has 1 aliphatic carbocycles. The van der Waals surface area contributed by atoms with E-state index in [0.717, 1.165) is 44.8 Å². The molecule has 2 N–H and O–H groups in total. The lowest BCUT2D eigenvalue weighted by Gasteiger charge is -2.38. The highest BCUT2D eigenvalue weighted by Gasteiger charge is 2.30. The Hall–Kier alpha value is -1.63. The Morgan fingerprint density at radius 2 is 1.88 bits per heavy atom. The monoisotopic (exact) mass is 361 g/mol. The first-order valence-corrected chi connectivity index (χ1v) is 9.65. The van der Waals surface area contributed by atoms with Crippen molar-refractivity contribution < 1.29 is 14.6 Å². The summed E-state index contributed by atoms with van der Waals surface area (Å²) in [5.74, 6) is 0.933. The number of amides is 1. The van der Waals surface area contributed by atoms with E-state index in [1.165, 1.54) is 5.56 Å². The highest BCUT2D eigenvalue weighted by molar-refractivity contribution is 5.81. The standard InChI is InChI=1S/C20H31N3O3/c1-15-3-7-19(8-4-15)26-14-18(24)13-22-9-11-23(12-10-22)16(2)20(25)21-17-5-6-17/h3-4,7-8,16-18,24H,5-6,9-14H2,1-2H3,(H,21,25). The maximum atomic E-state index is 12.2. The summed E-state index contributed by atoms with van der Waals surface area (Å²) in [6.45, 7) is 8.35. The zero-order valence-electron chi connectivity index (χ0n) is 15.9. The molecule has 6 heteroatoms. The van der Waals surface area contributed by atoms with Gasteiger partial charge < -0.3 is 15.2 Å². The number of aliphatic hydroxyl groups is 1. The molecule has 2 unspecified atom stereocenters. The lowest BCUT2D eigenvalue weighted by atomic mass is 10.2. The van der Waals surface area contributed by atoms with Crippen LogP contribution in [0.3, 0.4) is 0 Å². The molecule has 2 aliphatic rings. The third-order valence-corrected chi connectivity index (χ3v) is 5.19. The van der Waals surface area contributed by atoms with E-state index in [1.807, 2.05) is 38.1 Å². The summed E-state index contributed by atoms with van der Waals surface area (Å²) in [6, 6.07) is 8.19. The van der Waals surface area contributed by atoms with Crippen molar-refractivity contribution in [3.63, 3.8) is 0 Å². The van der Waals surface area contributed by atoms with Crippen molar-refractivity contribution >= 4 is 5.91 Å². The molecule has 1 aromatic carbocycles. The smallest absolute Gasteiger partial charge is 0.237 e. The predicted octanol–water partition coefficient (Wildman–Crippen LogP) is 1.02. The van der Waals surface area contributed by atoms with E-state index >= 15 is 0 Å². The molecule has 0 aromatic heterocycles. The van der Waals surface area contributed by atoms with Crippen molar-refractivity contribution in [1.82, 2.24) is 15.1 Å². The average Bonchev–Trinajstić information content (AvgIpc) is 3.45. The third kappa shape index (κ3) is 5.69. The van der Waals surface area contributed by atoms with Crippen LogP contribution in [0.1, 0.15) is 25.3 Å². The molecule has 0 radical (unpaired) electrons. The second-order valence-corrected chi connectivity index (χ2v) is 7.57. The van der Waals surface area contributed by atoms with E-state index < -0.39 is 6.10 Å². The van der Waals surface area contributed by atoms with Crippen LogP contribution in [0.2, 0.25) is 0 Å². The highest BCUT2D eigenvalue weighted by atomic mass is 16.5. The van der Waals surface area contributed by atoms with Gasteiger partial charge in [-0.2, -0.15) is 0 Å². The molecule has 26 heavy (non-hydrogen) atoms. The molecular formula is C20H31N3O3. The Morgan fingerprint density at radius 1 is 1.23 bits per heavy atom. The normalized spacial score (nSPS) is 21.2. The largest absolute Gasteiger partial charge is 0.491 e. The quantitative estimate of drug-likeness (QED) is 0.724. The SMILES string of the molecule is Cc1ccc(OCC(O)CN2CCN(C(C)C(=O)NC3CC3)CC2)cc1. The third-order valence-electron chi connectivity index (χ3n) is 5.19. The number of hydrogen-bond acceptors (Lipinski definition) is 5. The van der Waals surface area contributed by atoms with Crippen LogP contribution >= 0.6 is 0 Å². The van der Waals surface area contributed by atoms with Crippen LogP contribution < -0.4 is 10.1 Å². The van der Waals surface area contributed by atoms with Gasteiger partial charge in [-0.1, -0.05) is 17.7 Å². The number of ether oxygens (including phenoxy) is 1. The van der Waals surface area contributed by atoms with Crippen molar-refractivity contribution in [3.8, 4) is 5.75 Å². The van der Waals surface area contributed by atoms with Crippen molar-refractivity contribution in [3.05, 3.63) is 29.8 Å². The molecule has 0 spiro atoms. The molecule has 1 saturated heterocycles. The fraction of sp³-hybridized carbons (Fsp3) is 0.650. The maximum Gasteiger partial charge on any atom is 0.237 e. The lowest BCUT2D eigenvalue weighted by Crippen LogP contribution is -2.55. The Balaban J connectivity index is 1.35. The molecule has 1 heterocycles. The molecule has 1 aromatic rings. The van der Waals surface area contributed by atoms with E-state index in [-0.39, 0.29) is 11.9 Å². The van der Waals surface area contributed by atoms with Crippen LogP contribution in [0.25, 0.3) is 0 Å². The Morgan fingerprint density at radius 3 is 2.50 bits per heavy atom. The summed E-state index contributed by atoms with van der Waals surface area (Å²) in [7, 11) is 0. The van der Waals surface area contributed by atoms with E-state index in [1.54, 1.807) is 0 Å². The van der Waals surface area contributed by atoms with Crippen molar-refractivity contribution in [2.24, 2.45) is 0 Å². The lowest BCUT2D eigenvalue weighted by molar-refractivity contribution is -0.126. The first kappa shape index (κ1) is 19.1. The number of aliphatic hydroxyl groups excluding tert-OH is 1. The fourth-order valence-electron chi connectivity index (χ4n) is 3.23. The maximum absolute atomic E-state index is 12.2. The van der Waals surface area contributed by atoms with Crippen LogP contribution in [-0.4, -0.2) is 78.3 Å². The summed E-state index contributed by atoms with van der Waals surface area (Å²) in [5.41, 5.74) is 1.19. The first-order valence-electron chi connectivity index (χ1n) is 9.65. The van der Waals surface area contributed by atoms with Gasteiger partial charge in [0, 0.05) is 38.8 Å². The van der Waals surface area contributed by atoms with Gasteiger partial charge in [0.2, 0.25) is 5.91 Å².